The highest BCUT2D eigenvalue weighted by Crippen LogP contribution is 2.26. The van der Waals surface area contributed by atoms with Crippen molar-refractivity contribution >= 4 is 17.7 Å². The van der Waals surface area contributed by atoms with Crippen molar-refractivity contribution in [2.24, 2.45) is 0 Å². The lowest BCUT2D eigenvalue weighted by Crippen LogP contribution is -2.52. The van der Waals surface area contributed by atoms with Crippen LogP contribution in [0.3, 0.4) is 0 Å². The van der Waals surface area contributed by atoms with E-state index in [0.29, 0.717) is 12.1 Å². The fourth-order valence-corrected chi connectivity index (χ4v) is 5.12. The number of carbonyl (C=O) groups excluding carboxylic acids is 1. The molecule has 2 aliphatic heterocycles. The standard InChI is InChI=1S/C18H30N2O2S/c21-17-4-2-1-3-16(17)20-9-5-15(6-10-20)19-18(22)13-14-7-11-23-12-8-14/h13,15-17,21H,1-12H2,(H,19,22). The maximum atomic E-state index is 12.2. The van der Waals surface area contributed by atoms with Crippen molar-refractivity contribution in [3.05, 3.63) is 11.6 Å². The molecule has 1 saturated carbocycles. The van der Waals surface area contributed by atoms with E-state index in [1.165, 1.54) is 12.0 Å². The van der Waals surface area contributed by atoms with Crippen molar-refractivity contribution in [2.75, 3.05) is 24.6 Å². The molecular weight excluding hydrogens is 308 g/mol. The number of hydrogen-bond donors (Lipinski definition) is 2. The Bertz CT molecular complexity index is 425. The summed E-state index contributed by atoms with van der Waals surface area (Å²) in [6, 6.07) is 0.650. The van der Waals surface area contributed by atoms with Crippen molar-refractivity contribution < 1.29 is 9.90 Å². The summed E-state index contributed by atoms with van der Waals surface area (Å²) >= 11 is 1.98. The summed E-state index contributed by atoms with van der Waals surface area (Å²) in [6.07, 6.45) is 10.3. The van der Waals surface area contributed by atoms with Crippen LogP contribution in [0.15, 0.2) is 11.6 Å². The quantitative estimate of drug-likeness (QED) is 0.776. The molecule has 2 unspecified atom stereocenters. The summed E-state index contributed by atoms with van der Waals surface area (Å²) in [4.78, 5) is 14.6. The van der Waals surface area contributed by atoms with Crippen molar-refractivity contribution in [3.63, 3.8) is 0 Å². The number of amides is 1. The molecule has 3 aliphatic rings. The van der Waals surface area contributed by atoms with E-state index in [1.807, 2.05) is 17.8 Å². The molecule has 0 aromatic heterocycles. The molecule has 1 amide bonds. The van der Waals surface area contributed by atoms with Crippen LogP contribution in [0.2, 0.25) is 0 Å². The number of piperidine rings is 1. The monoisotopic (exact) mass is 338 g/mol. The number of hydrogen-bond acceptors (Lipinski definition) is 4. The van der Waals surface area contributed by atoms with Crippen LogP contribution in [-0.2, 0) is 4.79 Å². The first kappa shape index (κ1) is 17.3. The third kappa shape index (κ3) is 4.97. The SMILES string of the molecule is O=C(C=C1CCSCC1)NC1CCN(C2CCCCC2O)CC1. The second-order valence-corrected chi connectivity index (χ2v) is 8.38. The summed E-state index contributed by atoms with van der Waals surface area (Å²) in [5.74, 6) is 2.41. The highest BCUT2D eigenvalue weighted by molar-refractivity contribution is 7.99. The highest BCUT2D eigenvalue weighted by Gasteiger charge is 2.31. The van der Waals surface area contributed by atoms with Crippen LogP contribution in [0, 0.1) is 0 Å². The molecule has 2 atom stereocenters. The molecule has 0 radical (unpaired) electrons. The number of thioether (sulfide) groups is 1. The fourth-order valence-electron chi connectivity index (χ4n) is 4.10. The first-order chi connectivity index (χ1) is 11.2. The number of nitrogens with one attached hydrogen (secondary N) is 1. The van der Waals surface area contributed by atoms with E-state index < -0.39 is 0 Å². The smallest absolute Gasteiger partial charge is 0.244 e. The molecule has 5 heteroatoms. The Morgan fingerprint density at radius 1 is 1.13 bits per heavy atom. The summed E-state index contributed by atoms with van der Waals surface area (Å²) in [5, 5.41) is 13.4. The molecule has 0 bridgehead atoms. The molecule has 0 aromatic rings. The van der Waals surface area contributed by atoms with Gasteiger partial charge in [-0.05, 0) is 50.0 Å². The van der Waals surface area contributed by atoms with E-state index in [2.05, 4.69) is 10.2 Å². The van der Waals surface area contributed by atoms with E-state index in [4.69, 9.17) is 0 Å². The van der Waals surface area contributed by atoms with Gasteiger partial charge in [-0.15, -0.1) is 0 Å². The summed E-state index contributed by atoms with van der Waals surface area (Å²) < 4.78 is 0. The Kier molecular flexibility index (Phi) is 6.43. The van der Waals surface area contributed by atoms with Gasteiger partial charge < -0.3 is 10.4 Å². The average Bonchev–Trinajstić information content (AvgIpc) is 2.57. The van der Waals surface area contributed by atoms with Crippen LogP contribution in [0.25, 0.3) is 0 Å². The molecule has 2 saturated heterocycles. The van der Waals surface area contributed by atoms with Gasteiger partial charge in [-0.25, -0.2) is 0 Å². The van der Waals surface area contributed by atoms with Crippen molar-refractivity contribution in [2.45, 2.75) is 69.6 Å². The summed E-state index contributed by atoms with van der Waals surface area (Å²) in [5.41, 5.74) is 1.31. The van der Waals surface area contributed by atoms with Crippen LogP contribution in [-0.4, -0.2) is 58.7 Å². The summed E-state index contributed by atoms with van der Waals surface area (Å²) in [7, 11) is 0. The third-order valence-corrected chi connectivity index (χ3v) is 6.49. The van der Waals surface area contributed by atoms with Gasteiger partial charge in [0.15, 0.2) is 0 Å². The molecule has 2 N–H and O–H groups in total. The van der Waals surface area contributed by atoms with Crippen LogP contribution in [0.4, 0.5) is 0 Å². The number of nitrogens with zero attached hydrogens (tertiary/aromatic N) is 1. The molecule has 1 aliphatic carbocycles. The number of allylic oxidation sites excluding steroid dienone is 1. The molecule has 0 spiro atoms. The predicted molar refractivity (Wildman–Crippen MR) is 95.6 cm³/mol. The second-order valence-electron chi connectivity index (χ2n) is 7.15. The van der Waals surface area contributed by atoms with E-state index >= 15 is 0 Å². The largest absolute Gasteiger partial charge is 0.391 e. The van der Waals surface area contributed by atoms with Gasteiger partial charge in [-0.3, -0.25) is 9.69 Å². The van der Waals surface area contributed by atoms with Crippen LogP contribution >= 0.6 is 11.8 Å². The van der Waals surface area contributed by atoms with E-state index in [9.17, 15) is 9.90 Å². The molecule has 0 aromatic carbocycles. The number of rotatable bonds is 3. The Hall–Kier alpha value is -0.520. The zero-order valence-corrected chi connectivity index (χ0v) is 14.8. The van der Waals surface area contributed by atoms with Crippen LogP contribution < -0.4 is 5.32 Å². The Labute approximate surface area is 144 Å². The average molecular weight is 339 g/mol. The molecule has 4 nitrogen and oxygen atoms in total. The van der Waals surface area contributed by atoms with Gasteiger partial charge in [0.1, 0.15) is 0 Å². The van der Waals surface area contributed by atoms with Gasteiger partial charge in [0.2, 0.25) is 5.91 Å². The lowest BCUT2D eigenvalue weighted by Gasteiger charge is -2.41. The minimum Gasteiger partial charge on any atom is -0.391 e. The fraction of sp³-hybridized carbons (Fsp3) is 0.833. The highest BCUT2D eigenvalue weighted by atomic mass is 32.2. The van der Waals surface area contributed by atoms with Gasteiger partial charge in [-0.2, -0.15) is 11.8 Å². The van der Waals surface area contributed by atoms with Crippen molar-refractivity contribution in [1.29, 1.82) is 0 Å². The predicted octanol–water partition coefficient (Wildman–Crippen LogP) is 2.32. The minimum absolute atomic E-state index is 0.100. The first-order valence-corrected chi connectivity index (χ1v) is 10.4. The Morgan fingerprint density at radius 2 is 1.83 bits per heavy atom. The Morgan fingerprint density at radius 3 is 2.52 bits per heavy atom. The molecule has 2 heterocycles. The van der Waals surface area contributed by atoms with Crippen molar-refractivity contribution in [3.8, 4) is 0 Å². The number of carbonyl (C=O) groups is 1. The van der Waals surface area contributed by atoms with Gasteiger partial charge in [0.25, 0.3) is 0 Å². The lowest BCUT2D eigenvalue weighted by atomic mass is 9.89. The topological polar surface area (TPSA) is 52.6 Å². The first-order valence-electron chi connectivity index (χ1n) is 9.22. The molecule has 130 valence electrons. The number of likely N-dealkylation sites (tertiary alicyclic amines) is 1. The molecule has 23 heavy (non-hydrogen) atoms. The molecule has 3 rings (SSSR count). The maximum Gasteiger partial charge on any atom is 0.244 e. The van der Waals surface area contributed by atoms with Gasteiger partial charge in [0.05, 0.1) is 6.10 Å². The summed E-state index contributed by atoms with van der Waals surface area (Å²) in [6.45, 7) is 2.00. The normalized spacial score (nSPS) is 30.9. The lowest BCUT2D eigenvalue weighted by molar-refractivity contribution is -0.117. The molecular formula is C18H30N2O2S. The van der Waals surface area contributed by atoms with Crippen LogP contribution in [0.5, 0.6) is 0 Å². The molecule has 3 fully saturated rings. The van der Waals surface area contributed by atoms with Gasteiger partial charge in [-0.1, -0.05) is 18.4 Å². The minimum atomic E-state index is -0.149. The van der Waals surface area contributed by atoms with E-state index in [-0.39, 0.29) is 12.0 Å². The van der Waals surface area contributed by atoms with Gasteiger partial charge in [0, 0.05) is 31.2 Å². The number of aliphatic hydroxyl groups is 1. The zero-order chi connectivity index (χ0) is 16.1. The van der Waals surface area contributed by atoms with E-state index in [1.54, 1.807) is 0 Å². The zero-order valence-electron chi connectivity index (χ0n) is 14.0. The number of aliphatic hydroxyl groups excluding tert-OH is 1. The van der Waals surface area contributed by atoms with E-state index in [0.717, 1.165) is 69.5 Å². The van der Waals surface area contributed by atoms with Gasteiger partial charge >= 0.3 is 0 Å². The Balaban J connectivity index is 1.42. The van der Waals surface area contributed by atoms with Crippen molar-refractivity contribution in [1.82, 2.24) is 10.2 Å². The third-order valence-electron chi connectivity index (χ3n) is 5.51. The second kappa shape index (κ2) is 8.54. The van der Waals surface area contributed by atoms with Crippen LogP contribution in [0.1, 0.15) is 51.4 Å². The maximum absolute atomic E-state index is 12.2.